The minimum Gasteiger partial charge on any atom is -0.122 e. The third-order valence-electron chi connectivity index (χ3n) is 4.80. The molecule has 0 radical (unpaired) electrons. The molecular weight excluding hydrogens is 379 g/mol. The van der Waals surface area contributed by atoms with Gasteiger partial charge >= 0.3 is 0 Å². The van der Waals surface area contributed by atoms with Gasteiger partial charge in [0.05, 0.1) is 0 Å². The summed E-state index contributed by atoms with van der Waals surface area (Å²) in [4.78, 5) is 0. The fraction of sp³-hybridized carbons (Fsp3) is 0.0769. The molecule has 0 unspecified atom stereocenters. The van der Waals surface area contributed by atoms with Crippen LogP contribution in [0.3, 0.4) is 0 Å². The molecule has 28 heavy (non-hydrogen) atoms. The average molecular weight is 401 g/mol. The molecule has 0 atom stereocenters. The quantitative estimate of drug-likeness (QED) is 0.284. The molecule has 2 heteroatoms. The van der Waals surface area contributed by atoms with Gasteiger partial charge in [-0.05, 0) is 46.9 Å². The second-order valence-electron chi connectivity index (χ2n) is 6.77. The molecule has 0 saturated heterocycles. The second kappa shape index (κ2) is 9.20. The molecule has 0 aliphatic carbocycles. The van der Waals surface area contributed by atoms with Crippen molar-refractivity contribution in [3.63, 3.8) is 0 Å². The normalized spacial score (nSPS) is 10.9. The number of benzene rings is 4. The van der Waals surface area contributed by atoms with Crippen molar-refractivity contribution >= 4 is 35.4 Å². The van der Waals surface area contributed by atoms with Crippen molar-refractivity contribution in [3.8, 4) is 0 Å². The van der Waals surface area contributed by atoms with E-state index in [0.29, 0.717) is 5.88 Å². The van der Waals surface area contributed by atoms with E-state index in [1.165, 1.54) is 32.6 Å². The minimum atomic E-state index is -0.600. The van der Waals surface area contributed by atoms with Crippen LogP contribution in [-0.4, -0.2) is 0 Å². The second-order valence-corrected chi connectivity index (χ2v) is 9.22. The Morgan fingerprint density at radius 3 is 1.79 bits per heavy atom. The SMILES string of the molecule is ClCc1cccc(Cc2ccccc2P(c2ccccc2)c2ccccc2)c1. The number of hydrogen-bond donors (Lipinski definition) is 0. The number of halogens is 1. The van der Waals surface area contributed by atoms with Gasteiger partial charge in [-0.2, -0.15) is 0 Å². The van der Waals surface area contributed by atoms with Crippen molar-refractivity contribution in [3.05, 3.63) is 126 Å². The third-order valence-corrected chi connectivity index (χ3v) is 7.66. The Labute approximate surface area is 173 Å². The van der Waals surface area contributed by atoms with Crippen LogP contribution in [0.25, 0.3) is 0 Å². The van der Waals surface area contributed by atoms with Gasteiger partial charge in [-0.1, -0.05) is 109 Å². The van der Waals surface area contributed by atoms with E-state index in [1.54, 1.807) is 0 Å². The summed E-state index contributed by atoms with van der Waals surface area (Å²) in [5.41, 5.74) is 3.86. The molecule has 0 aromatic heterocycles. The molecule has 138 valence electrons. The standard InChI is InChI=1S/C26H22ClP/c27-20-22-11-9-10-21(18-22)19-23-12-7-8-17-26(23)28(24-13-3-1-4-14-24)25-15-5-2-6-16-25/h1-18H,19-20H2. The first-order chi connectivity index (χ1) is 13.8. The summed E-state index contributed by atoms with van der Waals surface area (Å²) in [5, 5.41) is 4.18. The van der Waals surface area contributed by atoms with Crippen molar-refractivity contribution in [2.75, 3.05) is 0 Å². The van der Waals surface area contributed by atoms with Crippen LogP contribution in [0.1, 0.15) is 16.7 Å². The van der Waals surface area contributed by atoms with E-state index in [0.717, 1.165) is 6.42 Å². The molecule has 0 fully saturated rings. The summed E-state index contributed by atoms with van der Waals surface area (Å²) >= 11 is 6.05. The van der Waals surface area contributed by atoms with Crippen LogP contribution in [0.5, 0.6) is 0 Å². The number of rotatable bonds is 6. The molecule has 4 aromatic rings. The molecule has 0 N–H and O–H groups in total. The summed E-state index contributed by atoms with van der Waals surface area (Å²) < 4.78 is 0. The highest BCUT2D eigenvalue weighted by atomic mass is 35.5. The zero-order valence-corrected chi connectivity index (χ0v) is 17.3. The van der Waals surface area contributed by atoms with E-state index >= 15 is 0 Å². The van der Waals surface area contributed by atoms with Crippen LogP contribution >= 0.6 is 19.5 Å². The molecule has 0 aliphatic rings. The Balaban J connectivity index is 1.79. The lowest BCUT2D eigenvalue weighted by molar-refractivity contribution is 1.19. The minimum absolute atomic E-state index is 0.552. The van der Waals surface area contributed by atoms with E-state index in [9.17, 15) is 0 Å². The molecule has 0 bridgehead atoms. The number of hydrogen-bond acceptors (Lipinski definition) is 0. The van der Waals surface area contributed by atoms with Crippen molar-refractivity contribution in [2.24, 2.45) is 0 Å². The molecule has 0 nitrogen and oxygen atoms in total. The molecule has 0 spiro atoms. The van der Waals surface area contributed by atoms with Gasteiger partial charge in [-0.3, -0.25) is 0 Å². The van der Waals surface area contributed by atoms with Gasteiger partial charge < -0.3 is 0 Å². The molecule has 0 heterocycles. The van der Waals surface area contributed by atoms with Gasteiger partial charge in [0, 0.05) is 5.88 Å². The highest BCUT2D eigenvalue weighted by molar-refractivity contribution is 7.79. The summed E-state index contributed by atoms with van der Waals surface area (Å²) in [6, 6.07) is 39.2. The number of alkyl halides is 1. The lowest BCUT2D eigenvalue weighted by Crippen LogP contribution is -2.23. The summed E-state index contributed by atoms with van der Waals surface area (Å²) in [6.45, 7) is 0. The fourth-order valence-corrected chi connectivity index (χ4v) is 6.14. The molecule has 4 aromatic carbocycles. The monoisotopic (exact) mass is 400 g/mol. The molecular formula is C26H22ClP. The third kappa shape index (κ3) is 4.36. The van der Waals surface area contributed by atoms with Crippen molar-refractivity contribution in [1.82, 2.24) is 0 Å². The highest BCUT2D eigenvalue weighted by Crippen LogP contribution is 2.34. The van der Waals surface area contributed by atoms with Crippen molar-refractivity contribution in [2.45, 2.75) is 12.3 Å². The Morgan fingerprint density at radius 2 is 1.14 bits per heavy atom. The maximum atomic E-state index is 6.05. The largest absolute Gasteiger partial charge is 0.122 e. The molecule has 0 aliphatic heterocycles. The van der Waals surface area contributed by atoms with E-state index in [1.807, 2.05) is 0 Å². The molecule has 0 amide bonds. The smallest absolute Gasteiger partial charge is 0.0474 e. The molecule has 0 saturated carbocycles. The predicted octanol–water partition coefficient (Wildman–Crippen LogP) is 5.77. The van der Waals surface area contributed by atoms with Gasteiger partial charge in [0.2, 0.25) is 0 Å². The van der Waals surface area contributed by atoms with Gasteiger partial charge in [0.15, 0.2) is 0 Å². The van der Waals surface area contributed by atoms with Crippen molar-refractivity contribution < 1.29 is 0 Å². The highest BCUT2D eigenvalue weighted by Gasteiger charge is 2.19. The van der Waals surface area contributed by atoms with Gasteiger partial charge in [0.1, 0.15) is 0 Å². The van der Waals surface area contributed by atoms with Gasteiger partial charge in [-0.25, -0.2) is 0 Å². The Bertz CT molecular complexity index is 989. The van der Waals surface area contributed by atoms with E-state index in [-0.39, 0.29) is 0 Å². The van der Waals surface area contributed by atoms with Crippen LogP contribution in [-0.2, 0) is 12.3 Å². The van der Waals surface area contributed by atoms with E-state index < -0.39 is 7.92 Å². The molecule has 4 rings (SSSR count). The van der Waals surface area contributed by atoms with E-state index in [4.69, 9.17) is 11.6 Å². The van der Waals surface area contributed by atoms with Crippen LogP contribution < -0.4 is 15.9 Å². The Kier molecular flexibility index (Phi) is 6.22. The first-order valence-corrected chi connectivity index (χ1v) is 11.3. The topological polar surface area (TPSA) is 0 Å². The first kappa shape index (κ1) is 18.9. The summed E-state index contributed by atoms with van der Waals surface area (Å²) in [7, 11) is -0.600. The van der Waals surface area contributed by atoms with Crippen LogP contribution in [0, 0.1) is 0 Å². The van der Waals surface area contributed by atoms with Gasteiger partial charge in [-0.15, -0.1) is 11.6 Å². The van der Waals surface area contributed by atoms with E-state index in [2.05, 4.69) is 109 Å². The lowest BCUT2D eigenvalue weighted by atomic mass is 10.0. The maximum absolute atomic E-state index is 6.05. The summed E-state index contributed by atoms with van der Waals surface area (Å²) in [6.07, 6.45) is 0.916. The zero-order valence-electron chi connectivity index (χ0n) is 15.6. The Morgan fingerprint density at radius 1 is 0.571 bits per heavy atom. The first-order valence-electron chi connectivity index (χ1n) is 9.47. The van der Waals surface area contributed by atoms with Crippen LogP contribution in [0.4, 0.5) is 0 Å². The van der Waals surface area contributed by atoms with Crippen LogP contribution in [0.2, 0.25) is 0 Å². The zero-order chi connectivity index (χ0) is 19.2. The fourth-order valence-electron chi connectivity index (χ4n) is 3.50. The predicted molar refractivity (Wildman–Crippen MR) is 124 cm³/mol. The van der Waals surface area contributed by atoms with Gasteiger partial charge in [0.25, 0.3) is 0 Å². The lowest BCUT2D eigenvalue weighted by Gasteiger charge is -2.22. The van der Waals surface area contributed by atoms with Crippen LogP contribution in [0.15, 0.2) is 109 Å². The Hall–Kier alpha value is -2.40. The maximum Gasteiger partial charge on any atom is 0.0474 e. The summed E-state index contributed by atoms with van der Waals surface area (Å²) in [5.74, 6) is 0.552. The average Bonchev–Trinajstić information content (AvgIpc) is 2.77. The van der Waals surface area contributed by atoms with Crippen molar-refractivity contribution in [1.29, 1.82) is 0 Å².